The van der Waals surface area contributed by atoms with Crippen LogP contribution in [0.25, 0.3) is 11.1 Å². The number of rotatable bonds is 3. The molecular weight excluding hydrogens is 386 g/mol. The van der Waals surface area contributed by atoms with E-state index >= 15 is 0 Å². The van der Waals surface area contributed by atoms with Gasteiger partial charge in [-0.1, -0.05) is 30.3 Å². The molecule has 0 radical (unpaired) electrons. The van der Waals surface area contributed by atoms with Crippen molar-refractivity contribution in [2.45, 2.75) is 6.92 Å². The molecular formula is C26H25N3O2. The summed E-state index contributed by atoms with van der Waals surface area (Å²) in [6.45, 7) is 6.13. The van der Waals surface area contributed by atoms with Gasteiger partial charge in [0, 0.05) is 54.2 Å². The molecule has 1 heterocycles. The topological polar surface area (TPSA) is 52.6 Å². The van der Waals surface area contributed by atoms with E-state index in [0.717, 1.165) is 48.6 Å². The Morgan fingerprint density at radius 1 is 0.839 bits per heavy atom. The van der Waals surface area contributed by atoms with Crippen molar-refractivity contribution in [1.82, 2.24) is 4.90 Å². The number of hydrogen-bond donors (Lipinski definition) is 1. The molecule has 0 atom stereocenters. The van der Waals surface area contributed by atoms with Gasteiger partial charge in [0.25, 0.3) is 5.91 Å². The van der Waals surface area contributed by atoms with E-state index in [2.05, 4.69) is 34.3 Å². The zero-order valence-corrected chi connectivity index (χ0v) is 17.8. The molecule has 2 aliphatic rings. The van der Waals surface area contributed by atoms with Crippen molar-refractivity contribution in [3.63, 3.8) is 0 Å². The molecule has 0 spiro atoms. The van der Waals surface area contributed by atoms with Gasteiger partial charge in [0.15, 0.2) is 5.78 Å². The zero-order chi connectivity index (χ0) is 21.5. The lowest BCUT2D eigenvalue weighted by atomic mass is 10.0. The number of fused-ring (bicyclic) bond motifs is 3. The summed E-state index contributed by atoms with van der Waals surface area (Å²) in [5.74, 6) is -0.227. The van der Waals surface area contributed by atoms with Crippen LogP contribution in [0.2, 0.25) is 0 Å². The van der Waals surface area contributed by atoms with Crippen LogP contribution in [0.15, 0.2) is 60.7 Å². The summed E-state index contributed by atoms with van der Waals surface area (Å²) in [5, 5.41) is 3.01. The van der Waals surface area contributed by atoms with Gasteiger partial charge < -0.3 is 15.1 Å². The molecule has 1 fully saturated rings. The van der Waals surface area contributed by atoms with Crippen LogP contribution in [0.3, 0.4) is 0 Å². The minimum Gasteiger partial charge on any atom is -0.369 e. The fraction of sp³-hybridized carbons (Fsp3) is 0.231. The molecule has 1 aliphatic heterocycles. The van der Waals surface area contributed by atoms with Gasteiger partial charge in [-0.2, -0.15) is 0 Å². The van der Waals surface area contributed by atoms with Crippen LogP contribution < -0.4 is 10.2 Å². The van der Waals surface area contributed by atoms with Gasteiger partial charge in [-0.25, -0.2) is 0 Å². The number of hydrogen-bond acceptors (Lipinski definition) is 4. The summed E-state index contributed by atoms with van der Waals surface area (Å²) in [4.78, 5) is 30.4. The lowest BCUT2D eigenvalue weighted by Gasteiger charge is -2.34. The molecule has 0 unspecified atom stereocenters. The maximum atomic E-state index is 12.9. The zero-order valence-electron chi connectivity index (χ0n) is 17.8. The first kappa shape index (κ1) is 19.5. The normalized spacial score (nSPS) is 15.5. The molecule has 0 bridgehead atoms. The fourth-order valence-electron chi connectivity index (χ4n) is 4.41. The van der Waals surface area contributed by atoms with Gasteiger partial charge in [-0.05, 0) is 61.0 Å². The molecule has 1 aliphatic carbocycles. The maximum Gasteiger partial charge on any atom is 0.255 e. The van der Waals surface area contributed by atoms with Crippen molar-refractivity contribution in [1.29, 1.82) is 0 Å². The number of ketones is 1. The molecule has 5 rings (SSSR count). The van der Waals surface area contributed by atoms with Gasteiger partial charge in [0.2, 0.25) is 0 Å². The Bertz CT molecular complexity index is 1190. The lowest BCUT2D eigenvalue weighted by molar-refractivity contribution is 0.102. The van der Waals surface area contributed by atoms with Crippen LogP contribution in [-0.4, -0.2) is 49.8 Å². The Morgan fingerprint density at radius 2 is 1.55 bits per heavy atom. The highest BCUT2D eigenvalue weighted by Crippen LogP contribution is 2.36. The standard InChI is InChI=1S/C26H25N3O2/c1-17-15-19(29-13-11-28(2)12-14-29)8-10-24(17)27-26(31)18-7-9-21-20-5-3-4-6-22(20)25(30)23(21)16-18/h3-10,15-16H,11-14H2,1-2H3,(H,27,31). The minimum atomic E-state index is -0.206. The summed E-state index contributed by atoms with van der Waals surface area (Å²) in [5.41, 5.74) is 6.61. The molecule has 31 heavy (non-hydrogen) atoms. The van der Waals surface area contributed by atoms with Crippen LogP contribution in [-0.2, 0) is 0 Å². The molecule has 3 aromatic carbocycles. The van der Waals surface area contributed by atoms with Crippen molar-refractivity contribution >= 4 is 23.1 Å². The Kier molecular flexibility index (Phi) is 4.83. The number of amides is 1. The van der Waals surface area contributed by atoms with Crippen LogP contribution in [0.4, 0.5) is 11.4 Å². The van der Waals surface area contributed by atoms with E-state index in [4.69, 9.17) is 0 Å². The molecule has 3 aromatic rings. The monoisotopic (exact) mass is 411 g/mol. The highest BCUT2D eigenvalue weighted by molar-refractivity contribution is 6.22. The lowest BCUT2D eigenvalue weighted by Crippen LogP contribution is -2.44. The number of benzene rings is 3. The van der Waals surface area contributed by atoms with E-state index in [9.17, 15) is 9.59 Å². The molecule has 1 saturated heterocycles. The van der Waals surface area contributed by atoms with E-state index in [1.54, 1.807) is 12.1 Å². The van der Waals surface area contributed by atoms with Crippen LogP contribution in [0.1, 0.15) is 31.8 Å². The minimum absolute atomic E-state index is 0.0204. The molecule has 156 valence electrons. The van der Waals surface area contributed by atoms with E-state index in [1.807, 2.05) is 43.3 Å². The number of carbonyl (C=O) groups is 2. The number of likely N-dealkylation sites (N-methyl/N-ethyl adjacent to an activating group) is 1. The summed E-state index contributed by atoms with van der Waals surface area (Å²) in [6, 6.07) is 19.1. The largest absolute Gasteiger partial charge is 0.369 e. The summed E-state index contributed by atoms with van der Waals surface area (Å²) >= 11 is 0. The number of carbonyl (C=O) groups excluding carboxylic acids is 2. The number of anilines is 2. The highest BCUT2D eigenvalue weighted by atomic mass is 16.1. The average molecular weight is 412 g/mol. The van der Waals surface area contributed by atoms with Crippen molar-refractivity contribution in [2.75, 3.05) is 43.4 Å². The molecule has 0 saturated carbocycles. The number of nitrogens with zero attached hydrogens (tertiary/aromatic N) is 2. The predicted molar refractivity (Wildman–Crippen MR) is 124 cm³/mol. The van der Waals surface area contributed by atoms with Gasteiger partial charge in [-0.3, -0.25) is 9.59 Å². The van der Waals surface area contributed by atoms with E-state index in [0.29, 0.717) is 16.7 Å². The summed E-state index contributed by atoms with van der Waals surface area (Å²) < 4.78 is 0. The Labute approximate surface area is 182 Å². The second-order valence-electron chi connectivity index (χ2n) is 8.38. The number of aryl methyl sites for hydroxylation is 1. The first-order valence-corrected chi connectivity index (χ1v) is 10.6. The third kappa shape index (κ3) is 3.51. The predicted octanol–water partition coefficient (Wildman–Crippen LogP) is 4.21. The van der Waals surface area contributed by atoms with Crippen molar-refractivity contribution in [3.8, 4) is 11.1 Å². The second-order valence-corrected chi connectivity index (χ2v) is 8.38. The van der Waals surface area contributed by atoms with Gasteiger partial charge >= 0.3 is 0 Å². The Hall–Kier alpha value is -3.44. The molecule has 1 amide bonds. The summed E-state index contributed by atoms with van der Waals surface area (Å²) in [7, 11) is 2.15. The maximum absolute atomic E-state index is 12.9. The number of piperazine rings is 1. The number of nitrogens with one attached hydrogen (secondary N) is 1. The third-order valence-electron chi connectivity index (χ3n) is 6.31. The SMILES string of the molecule is Cc1cc(N2CCN(C)CC2)ccc1NC(=O)c1ccc2c(c1)C(=O)c1ccccc1-2. The average Bonchev–Trinajstić information content (AvgIpc) is 3.07. The molecule has 0 aromatic heterocycles. The van der Waals surface area contributed by atoms with Crippen LogP contribution in [0.5, 0.6) is 0 Å². The van der Waals surface area contributed by atoms with E-state index < -0.39 is 0 Å². The van der Waals surface area contributed by atoms with Gasteiger partial charge in [0.1, 0.15) is 0 Å². The smallest absolute Gasteiger partial charge is 0.255 e. The molecule has 5 nitrogen and oxygen atoms in total. The van der Waals surface area contributed by atoms with Gasteiger partial charge in [-0.15, -0.1) is 0 Å². The highest BCUT2D eigenvalue weighted by Gasteiger charge is 2.27. The van der Waals surface area contributed by atoms with Crippen LogP contribution in [0, 0.1) is 6.92 Å². The quantitative estimate of drug-likeness (QED) is 0.549. The van der Waals surface area contributed by atoms with Crippen molar-refractivity contribution < 1.29 is 9.59 Å². The van der Waals surface area contributed by atoms with Crippen molar-refractivity contribution in [3.05, 3.63) is 82.9 Å². The van der Waals surface area contributed by atoms with E-state index in [-0.39, 0.29) is 11.7 Å². The Morgan fingerprint density at radius 3 is 2.29 bits per heavy atom. The molecule has 5 heteroatoms. The Balaban J connectivity index is 1.35. The van der Waals surface area contributed by atoms with Gasteiger partial charge in [0.05, 0.1) is 0 Å². The molecule has 1 N–H and O–H groups in total. The van der Waals surface area contributed by atoms with Crippen LogP contribution >= 0.6 is 0 Å². The van der Waals surface area contributed by atoms with E-state index in [1.165, 1.54) is 5.69 Å². The fourth-order valence-corrected chi connectivity index (χ4v) is 4.41. The summed E-state index contributed by atoms with van der Waals surface area (Å²) in [6.07, 6.45) is 0. The van der Waals surface area contributed by atoms with Crippen molar-refractivity contribution in [2.24, 2.45) is 0 Å². The first-order chi connectivity index (χ1) is 15.0. The third-order valence-corrected chi connectivity index (χ3v) is 6.31. The second kappa shape index (κ2) is 7.67. The first-order valence-electron chi connectivity index (χ1n) is 10.6.